The lowest BCUT2D eigenvalue weighted by Gasteiger charge is -2.17. The van der Waals surface area contributed by atoms with Crippen molar-refractivity contribution in [3.8, 4) is 5.75 Å². The zero-order valence-electron chi connectivity index (χ0n) is 16.9. The van der Waals surface area contributed by atoms with Gasteiger partial charge in [-0.2, -0.15) is 0 Å². The Bertz CT molecular complexity index is 1170. The first-order valence-electron chi connectivity index (χ1n) is 10.3. The number of carboxylic acids is 1. The average Bonchev–Trinajstić information content (AvgIpc) is 2.78. The molecule has 0 spiro atoms. The number of nitrogens with one attached hydrogen (secondary N) is 1. The van der Waals surface area contributed by atoms with Gasteiger partial charge in [0, 0.05) is 23.4 Å². The number of carboxylic acid groups (broad SMARTS) is 1. The molecule has 0 aliphatic heterocycles. The SMILES string of the molecule is O=C(COc1ccc2c3c(c(=O)oc2c1)CCCC3)N[C@@H](Cc1ccccc1)C(=O)O. The van der Waals surface area contributed by atoms with Gasteiger partial charge in [-0.25, -0.2) is 9.59 Å². The Morgan fingerprint density at radius 3 is 2.55 bits per heavy atom. The molecular weight excluding hydrogens is 398 g/mol. The van der Waals surface area contributed by atoms with Gasteiger partial charge in [0.1, 0.15) is 17.4 Å². The normalized spacial score (nSPS) is 13.9. The van der Waals surface area contributed by atoms with Crippen molar-refractivity contribution >= 4 is 22.8 Å². The second-order valence-electron chi connectivity index (χ2n) is 7.65. The molecule has 1 aliphatic rings. The summed E-state index contributed by atoms with van der Waals surface area (Å²) in [6.45, 7) is -0.348. The quantitative estimate of drug-likeness (QED) is 0.569. The molecule has 0 fully saturated rings. The van der Waals surface area contributed by atoms with Crippen LogP contribution in [0.3, 0.4) is 0 Å². The highest BCUT2D eigenvalue weighted by molar-refractivity contribution is 5.85. The number of carbonyl (C=O) groups excluding carboxylic acids is 1. The van der Waals surface area contributed by atoms with Crippen LogP contribution >= 0.6 is 0 Å². The summed E-state index contributed by atoms with van der Waals surface area (Å²) in [7, 11) is 0. The maximum atomic E-state index is 12.3. The third kappa shape index (κ3) is 4.77. The molecule has 4 rings (SSSR count). The van der Waals surface area contributed by atoms with Crippen LogP contribution in [0.4, 0.5) is 0 Å². The molecule has 31 heavy (non-hydrogen) atoms. The van der Waals surface area contributed by atoms with Gasteiger partial charge in [0.25, 0.3) is 5.91 Å². The topological polar surface area (TPSA) is 106 Å². The molecule has 160 valence electrons. The van der Waals surface area contributed by atoms with Crippen molar-refractivity contribution in [2.75, 3.05) is 6.61 Å². The maximum Gasteiger partial charge on any atom is 0.339 e. The number of benzene rings is 2. The lowest BCUT2D eigenvalue weighted by atomic mass is 9.91. The molecule has 1 amide bonds. The van der Waals surface area contributed by atoms with Crippen molar-refractivity contribution in [2.24, 2.45) is 0 Å². The first-order valence-corrected chi connectivity index (χ1v) is 10.3. The van der Waals surface area contributed by atoms with E-state index in [1.165, 1.54) is 0 Å². The molecule has 0 saturated carbocycles. The lowest BCUT2D eigenvalue weighted by molar-refractivity contribution is -0.142. The number of hydrogen-bond donors (Lipinski definition) is 2. The number of fused-ring (bicyclic) bond motifs is 3. The number of amides is 1. The van der Waals surface area contributed by atoms with Gasteiger partial charge in [0.2, 0.25) is 0 Å². The summed E-state index contributed by atoms with van der Waals surface area (Å²) in [4.78, 5) is 36.0. The van der Waals surface area contributed by atoms with Gasteiger partial charge < -0.3 is 19.6 Å². The number of hydrogen-bond acceptors (Lipinski definition) is 5. The number of rotatable bonds is 7. The van der Waals surface area contributed by atoms with E-state index >= 15 is 0 Å². The summed E-state index contributed by atoms with van der Waals surface area (Å²) in [6.07, 6.45) is 3.78. The van der Waals surface area contributed by atoms with Crippen LogP contribution < -0.4 is 15.7 Å². The van der Waals surface area contributed by atoms with Gasteiger partial charge in [-0.1, -0.05) is 30.3 Å². The van der Waals surface area contributed by atoms with Gasteiger partial charge in [0.15, 0.2) is 6.61 Å². The highest BCUT2D eigenvalue weighted by Crippen LogP contribution is 2.29. The summed E-state index contributed by atoms with van der Waals surface area (Å²) in [6, 6.07) is 13.2. The van der Waals surface area contributed by atoms with Crippen molar-refractivity contribution in [3.05, 3.63) is 75.6 Å². The van der Waals surface area contributed by atoms with Crippen LogP contribution in [0.15, 0.2) is 57.7 Å². The van der Waals surface area contributed by atoms with Crippen LogP contribution in [0.25, 0.3) is 11.0 Å². The monoisotopic (exact) mass is 421 g/mol. The number of aryl methyl sites for hydroxylation is 1. The van der Waals surface area contributed by atoms with E-state index in [1.54, 1.807) is 24.3 Å². The first kappa shape index (κ1) is 20.7. The fourth-order valence-corrected chi connectivity index (χ4v) is 3.95. The molecule has 1 aliphatic carbocycles. The van der Waals surface area contributed by atoms with Gasteiger partial charge in [-0.05, 0) is 48.9 Å². The van der Waals surface area contributed by atoms with E-state index < -0.39 is 17.9 Å². The van der Waals surface area contributed by atoms with Crippen molar-refractivity contribution in [1.82, 2.24) is 5.32 Å². The standard InChI is InChI=1S/C24H23NO6/c26-22(25-20(23(27)28)12-15-6-2-1-3-7-15)14-30-16-10-11-18-17-8-4-5-9-19(17)24(29)31-21(18)13-16/h1-3,6-7,10-11,13,20H,4-5,8-9,12,14H2,(H,25,26)(H,27,28)/t20-/m0/s1. The molecule has 3 aromatic rings. The zero-order valence-corrected chi connectivity index (χ0v) is 16.9. The molecule has 1 atom stereocenters. The summed E-state index contributed by atoms with van der Waals surface area (Å²) >= 11 is 0. The van der Waals surface area contributed by atoms with E-state index in [-0.39, 0.29) is 18.7 Å². The van der Waals surface area contributed by atoms with Gasteiger partial charge >= 0.3 is 11.6 Å². The highest BCUT2D eigenvalue weighted by Gasteiger charge is 2.21. The van der Waals surface area contributed by atoms with Crippen molar-refractivity contribution in [2.45, 2.75) is 38.1 Å². The predicted octanol–water partition coefficient (Wildman–Crippen LogP) is 2.86. The first-order chi connectivity index (χ1) is 15.0. The fraction of sp³-hybridized carbons (Fsp3) is 0.292. The Kier molecular flexibility index (Phi) is 6.02. The van der Waals surface area contributed by atoms with Crippen molar-refractivity contribution in [3.63, 3.8) is 0 Å². The van der Waals surface area contributed by atoms with E-state index in [1.807, 2.05) is 24.3 Å². The second-order valence-corrected chi connectivity index (χ2v) is 7.65. The van der Waals surface area contributed by atoms with E-state index in [0.717, 1.165) is 47.8 Å². The Hall–Kier alpha value is -3.61. The molecule has 7 nitrogen and oxygen atoms in total. The number of carbonyl (C=O) groups is 2. The molecule has 7 heteroatoms. The summed E-state index contributed by atoms with van der Waals surface area (Å²) < 4.78 is 11.0. The Morgan fingerprint density at radius 2 is 1.81 bits per heavy atom. The van der Waals surface area contributed by atoms with Crippen LogP contribution in [0, 0.1) is 0 Å². The molecule has 2 aromatic carbocycles. The Labute approximate surface area is 178 Å². The van der Waals surface area contributed by atoms with Crippen LogP contribution in [0.5, 0.6) is 5.75 Å². The van der Waals surface area contributed by atoms with Crippen LogP contribution in [0.2, 0.25) is 0 Å². The minimum Gasteiger partial charge on any atom is -0.484 e. The van der Waals surface area contributed by atoms with E-state index in [2.05, 4.69) is 5.32 Å². The molecule has 0 bridgehead atoms. The summed E-state index contributed by atoms with van der Waals surface area (Å²) in [5, 5.41) is 12.8. The van der Waals surface area contributed by atoms with Gasteiger partial charge in [-0.15, -0.1) is 0 Å². The van der Waals surface area contributed by atoms with Gasteiger partial charge in [-0.3, -0.25) is 4.79 Å². The van der Waals surface area contributed by atoms with Gasteiger partial charge in [0.05, 0.1) is 0 Å². The smallest absolute Gasteiger partial charge is 0.339 e. The fourth-order valence-electron chi connectivity index (χ4n) is 3.95. The summed E-state index contributed by atoms with van der Waals surface area (Å²) in [5.41, 5.74) is 2.71. The second kappa shape index (κ2) is 9.04. The highest BCUT2D eigenvalue weighted by atomic mass is 16.5. The number of ether oxygens (including phenoxy) is 1. The number of aliphatic carboxylic acids is 1. The molecule has 0 saturated heterocycles. The van der Waals surface area contributed by atoms with Crippen LogP contribution in [0.1, 0.15) is 29.5 Å². The molecule has 1 heterocycles. The molecule has 0 unspecified atom stereocenters. The Morgan fingerprint density at radius 1 is 1.06 bits per heavy atom. The van der Waals surface area contributed by atoms with Crippen molar-refractivity contribution in [1.29, 1.82) is 0 Å². The zero-order chi connectivity index (χ0) is 21.8. The van der Waals surface area contributed by atoms with Crippen LogP contribution in [-0.4, -0.2) is 29.6 Å². The van der Waals surface area contributed by atoms with E-state index in [0.29, 0.717) is 11.3 Å². The van der Waals surface area contributed by atoms with Crippen LogP contribution in [-0.2, 0) is 28.9 Å². The average molecular weight is 421 g/mol. The minimum atomic E-state index is -1.12. The molecular formula is C24H23NO6. The molecule has 0 radical (unpaired) electrons. The minimum absolute atomic E-state index is 0.175. The third-order valence-electron chi connectivity index (χ3n) is 5.48. The molecule has 2 N–H and O–H groups in total. The van der Waals surface area contributed by atoms with Crippen molar-refractivity contribution < 1.29 is 23.8 Å². The Balaban J connectivity index is 1.42. The molecule has 1 aromatic heterocycles. The largest absolute Gasteiger partial charge is 0.484 e. The van der Waals surface area contributed by atoms with E-state index in [9.17, 15) is 19.5 Å². The predicted molar refractivity (Wildman–Crippen MR) is 114 cm³/mol. The van der Waals surface area contributed by atoms with E-state index in [4.69, 9.17) is 9.15 Å². The summed E-state index contributed by atoms with van der Waals surface area (Å²) in [5.74, 6) is -1.29. The maximum absolute atomic E-state index is 12.3. The third-order valence-corrected chi connectivity index (χ3v) is 5.48. The lowest BCUT2D eigenvalue weighted by Crippen LogP contribution is -2.44.